The molecule has 0 amide bonds. The van der Waals surface area contributed by atoms with Crippen molar-refractivity contribution in [3.05, 3.63) is 29.8 Å². The van der Waals surface area contributed by atoms with Crippen LogP contribution in [-0.4, -0.2) is 37.2 Å². The smallest absolute Gasteiger partial charge is 0.0700 e. The molecule has 1 aromatic rings. The van der Waals surface area contributed by atoms with E-state index in [1.54, 1.807) is 11.8 Å². The number of rotatable bonds is 6. The van der Waals surface area contributed by atoms with E-state index in [1.165, 1.54) is 4.90 Å². The van der Waals surface area contributed by atoms with Crippen LogP contribution in [0.1, 0.15) is 25.3 Å². The fraction of sp³-hybridized carbons (Fsp3) is 0.600. The highest BCUT2D eigenvalue weighted by Gasteiger charge is 2.27. The van der Waals surface area contributed by atoms with Gasteiger partial charge in [-0.2, -0.15) is 0 Å². The van der Waals surface area contributed by atoms with Gasteiger partial charge >= 0.3 is 0 Å². The lowest BCUT2D eigenvalue weighted by Gasteiger charge is -2.31. The molecule has 1 aliphatic rings. The van der Waals surface area contributed by atoms with Crippen LogP contribution in [0.4, 0.5) is 0 Å². The third kappa shape index (κ3) is 3.72. The number of aliphatic hydroxyl groups is 1. The third-order valence-corrected chi connectivity index (χ3v) is 4.53. The first-order chi connectivity index (χ1) is 9.18. The number of benzene rings is 1. The zero-order valence-corrected chi connectivity index (χ0v) is 12.5. The van der Waals surface area contributed by atoms with Gasteiger partial charge in [0.1, 0.15) is 0 Å². The fourth-order valence-corrected chi connectivity index (χ4v) is 2.76. The minimum absolute atomic E-state index is 0.0817. The van der Waals surface area contributed by atoms with Gasteiger partial charge in [0.25, 0.3) is 0 Å². The highest BCUT2D eigenvalue weighted by molar-refractivity contribution is 7.98. The average molecular weight is 281 g/mol. The lowest BCUT2D eigenvalue weighted by Crippen LogP contribution is -2.46. The van der Waals surface area contributed by atoms with Crippen molar-refractivity contribution in [1.29, 1.82) is 0 Å². The first kappa shape index (κ1) is 14.9. The molecule has 1 heterocycles. The predicted octanol–water partition coefficient (Wildman–Crippen LogP) is 2.38. The molecule has 0 saturated carbocycles. The van der Waals surface area contributed by atoms with Crippen LogP contribution in [0, 0.1) is 0 Å². The van der Waals surface area contributed by atoms with E-state index in [2.05, 4.69) is 35.8 Å². The number of hydrogen-bond donors (Lipinski definition) is 2. The summed E-state index contributed by atoms with van der Waals surface area (Å²) in [7, 11) is 0. The second-order valence-corrected chi connectivity index (χ2v) is 6.11. The molecule has 106 valence electrons. The summed E-state index contributed by atoms with van der Waals surface area (Å²) in [5.74, 6) is 0. The Morgan fingerprint density at radius 2 is 2.16 bits per heavy atom. The highest BCUT2D eigenvalue weighted by atomic mass is 32.2. The fourth-order valence-electron chi connectivity index (χ4n) is 2.35. The maximum absolute atomic E-state index is 9.73. The van der Waals surface area contributed by atoms with Crippen LogP contribution in [0.15, 0.2) is 29.2 Å². The zero-order valence-electron chi connectivity index (χ0n) is 11.7. The Kier molecular flexibility index (Phi) is 5.28. The summed E-state index contributed by atoms with van der Waals surface area (Å²) in [6, 6.07) is 8.37. The number of nitrogens with one attached hydrogen (secondary N) is 1. The molecule has 0 radical (unpaired) electrons. The van der Waals surface area contributed by atoms with E-state index in [0.29, 0.717) is 0 Å². The van der Waals surface area contributed by atoms with Crippen LogP contribution < -0.4 is 5.32 Å². The molecule has 0 bridgehead atoms. The Morgan fingerprint density at radius 1 is 1.42 bits per heavy atom. The monoisotopic (exact) mass is 281 g/mol. The number of aliphatic hydroxyl groups excluding tert-OH is 1. The first-order valence-electron chi connectivity index (χ1n) is 6.80. The summed E-state index contributed by atoms with van der Waals surface area (Å²) in [6.07, 6.45) is 4.61. The standard InChI is InChI=1S/C15H23NO2S/c1-15(11-17,16-10-13-4-3-9-18-13)12-5-7-14(19-2)8-6-12/h5-8,13,16-17H,3-4,9-11H2,1-2H3. The minimum atomic E-state index is -0.400. The van der Waals surface area contributed by atoms with Crippen LogP contribution in [0.2, 0.25) is 0 Å². The van der Waals surface area contributed by atoms with Gasteiger partial charge in [0.2, 0.25) is 0 Å². The van der Waals surface area contributed by atoms with Crippen molar-refractivity contribution in [2.24, 2.45) is 0 Å². The minimum Gasteiger partial charge on any atom is -0.394 e. The summed E-state index contributed by atoms with van der Waals surface area (Å²) in [5.41, 5.74) is 0.717. The lowest BCUT2D eigenvalue weighted by molar-refractivity contribution is 0.0910. The molecule has 2 unspecified atom stereocenters. The van der Waals surface area contributed by atoms with E-state index >= 15 is 0 Å². The molecule has 4 heteroatoms. The summed E-state index contributed by atoms with van der Waals surface area (Å²) in [5, 5.41) is 13.2. The van der Waals surface area contributed by atoms with E-state index in [0.717, 1.165) is 31.6 Å². The average Bonchev–Trinajstić information content (AvgIpc) is 2.98. The maximum Gasteiger partial charge on any atom is 0.0700 e. The lowest BCUT2D eigenvalue weighted by atomic mass is 9.92. The summed E-state index contributed by atoms with van der Waals surface area (Å²) in [6.45, 7) is 3.78. The molecule has 2 atom stereocenters. The van der Waals surface area contributed by atoms with E-state index in [4.69, 9.17) is 4.74 Å². The number of thioether (sulfide) groups is 1. The molecule has 2 rings (SSSR count). The molecule has 19 heavy (non-hydrogen) atoms. The normalized spacial score (nSPS) is 22.4. The molecule has 3 nitrogen and oxygen atoms in total. The van der Waals surface area contributed by atoms with Crippen molar-refractivity contribution < 1.29 is 9.84 Å². The topological polar surface area (TPSA) is 41.5 Å². The van der Waals surface area contributed by atoms with Crippen molar-refractivity contribution in [3.63, 3.8) is 0 Å². The third-order valence-electron chi connectivity index (χ3n) is 3.79. The van der Waals surface area contributed by atoms with Gasteiger partial charge in [-0.1, -0.05) is 12.1 Å². The first-order valence-corrected chi connectivity index (χ1v) is 8.02. The molecule has 1 fully saturated rings. The van der Waals surface area contributed by atoms with E-state index < -0.39 is 5.54 Å². The maximum atomic E-state index is 9.73. The van der Waals surface area contributed by atoms with Crippen molar-refractivity contribution in [3.8, 4) is 0 Å². The SMILES string of the molecule is CSc1ccc(C(C)(CO)NCC2CCCO2)cc1. The second-order valence-electron chi connectivity index (χ2n) is 5.23. The molecule has 0 aromatic heterocycles. The second kappa shape index (κ2) is 6.75. The molecule has 1 saturated heterocycles. The van der Waals surface area contributed by atoms with Crippen LogP contribution in [0.3, 0.4) is 0 Å². The van der Waals surface area contributed by atoms with E-state index in [1.807, 2.05) is 6.92 Å². The largest absolute Gasteiger partial charge is 0.394 e. The van der Waals surface area contributed by atoms with Gasteiger partial charge in [0, 0.05) is 18.0 Å². The number of ether oxygens (including phenoxy) is 1. The predicted molar refractivity (Wildman–Crippen MR) is 79.6 cm³/mol. The molecule has 2 N–H and O–H groups in total. The Bertz CT molecular complexity index is 390. The van der Waals surface area contributed by atoms with Crippen molar-refractivity contribution in [1.82, 2.24) is 5.32 Å². The summed E-state index contributed by atoms with van der Waals surface area (Å²) < 4.78 is 5.62. The zero-order chi connectivity index (χ0) is 13.7. The number of hydrogen-bond acceptors (Lipinski definition) is 4. The van der Waals surface area contributed by atoms with Crippen LogP contribution in [-0.2, 0) is 10.3 Å². The Hall–Kier alpha value is -0.550. The molecular formula is C15H23NO2S. The Morgan fingerprint density at radius 3 is 2.68 bits per heavy atom. The molecule has 1 aliphatic heterocycles. The van der Waals surface area contributed by atoms with Gasteiger partial charge < -0.3 is 15.2 Å². The molecule has 0 aliphatic carbocycles. The molecule has 1 aromatic carbocycles. The van der Waals surface area contributed by atoms with Crippen LogP contribution in [0.25, 0.3) is 0 Å². The van der Waals surface area contributed by atoms with Gasteiger partial charge in [-0.15, -0.1) is 11.8 Å². The Balaban J connectivity index is 2.02. The van der Waals surface area contributed by atoms with Crippen molar-refractivity contribution in [2.75, 3.05) is 26.0 Å². The van der Waals surface area contributed by atoms with Gasteiger partial charge in [0.05, 0.1) is 18.2 Å². The van der Waals surface area contributed by atoms with E-state index in [9.17, 15) is 5.11 Å². The van der Waals surface area contributed by atoms with Crippen molar-refractivity contribution >= 4 is 11.8 Å². The molecular weight excluding hydrogens is 258 g/mol. The molecule has 0 spiro atoms. The quantitative estimate of drug-likeness (QED) is 0.786. The Labute approximate surface area is 119 Å². The van der Waals surface area contributed by atoms with Crippen LogP contribution >= 0.6 is 11.8 Å². The van der Waals surface area contributed by atoms with Crippen LogP contribution in [0.5, 0.6) is 0 Å². The van der Waals surface area contributed by atoms with Gasteiger partial charge in [-0.25, -0.2) is 0 Å². The van der Waals surface area contributed by atoms with E-state index in [-0.39, 0.29) is 12.7 Å². The van der Waals surface area contributed by atoms with Gasteiger partial charge in [-0.3, -0.25) is 0 Å². The van der Waals surface area contributed by atoms with Gasteiger partial charge in [0.15, 0.2) is 0 Å². The summed E-state index contributed by atoms with van der Waals surface area (Å²) >= 11 is 1.73. The highest BCUT2D eigenvalue weighted by Crippen LogP contribution is 2.24. The van der Waals surface area contributed by atoms with Crippen molar-refractivity contribution in [2.45, 2.75) is 36.3 Å². The van der Waals surface area contributed by atoms with Gasteiger partial charge in [-0.05, 0) is 43.7 Å². The summed E-state index contributed by atoms with van der Waals surface area (Å²) in [4.78, 5) is 1.24.